The van der Waals surface area contributed by atoms with Crippen LogP contribution in [0.5, 0.6) is 0 Å². The van der Waals surface area contributed by atoms with Gasteiger partial charge in [0.1, 0.15) is 0 Å². The zero-order valence-electron chi connectivity index (χ0n) is 16.9. The molecule has 158 valence electrons. The molecule has 0 saturated heterocycles. The number of amides is 1. The van der Waals surface area contributed by atoms with Crippen LogP contribution in [-0.2, 0) is 14.3 Å². The van der Waals surface area contributed by atoms with Crippen LogP contribution in [0.4, 0.5) is 0 Å². The summed E-state index contributed by atoms with van der Waals surface area (Å²) >= 11 is 9.58. The number of H-pyrrole nitrogens is 2. The normalized spacial score (nSPS) is 11.0. The van der Waals surface area contributed by atoms with Gasteiger partial charge in [-0.3, -0.25) is 4.79 Å². The SMILES string of the molecule is COC(CNC=O)OC.Cc1c(-c2cc3cc(Cl)ccc3[nH]2)[nH]c2cc(Br)ccc12. The number of fused-ring (bicyclic) bond motifs is 2. The highest BCUT2D eigenvalue weighted by molar-refractivity contribution is 9.10. The largest absolute Gasteiger partial charge is 0.354 e. The van der Waals surface area contributed by atoms with E-state index in [0.717, 1.165) is 37.3 Å². The second kappa shape index (κ2) is 10.1. The Labute approximate surface area is 188 Å². The van der Waals surface area contributed by atoms with Crippen LogP contribution in [0.1, 0.15) is 5.56 Å². The molecular formula is C22H23BrClN3O3. The van der Waals surface area contributed by atoms with Crippen LogP contribution < -0.4 is 5.32 Å². The molecule has 0 bridgehead atoms. The van der Waals surface area contributed by atoms with Crippen molar-refractivity contribution in [2.45, 2.75) is 13.2 Å². The van der Waals surface area contributed by atoms with Crippen LogP contribution in [0.15, 0.2) is 46.9 Å². The van der Waals surface area contributed by atoms with Crippen molar-refractivity contribution in [1.29, 1.82) is 0 Å². The van der Waals surface area contributed by atoms with Crippen LogP contribution in [0.3, 0.4) is 0 Å². The van der Waals surface area contributed by atoms with Crippen molar-refractivity contribution < 1.29 is 14.3 Å². The first-order chi connectivity index (χ1) is 14.5. The molecule has 0 atom stereocenters. The predicted molar refractivity (Wildman–Crippen MR) is 125 cm³/mol. The molecule has 30 heavy (non-hydrogen) atoms. The average Bonchev–Trinajstić information content (AvgIpc) is 3.29. The molecule has 0 radical (unpaired) electrons. The van der Waals surface area contributed by atoms with Crippen molar-refractivity contribution >= 4 is 55.7 Å². The van der Waals surface area contributed by atoms with Crippen molar-refractivity contribution in [2.75, 3.05) is 20.8 Å². The van der Waals surface area contributed by atoms with E-state index in [1.165, 1.54) is 25.2 Å². The molecule has 0 spiro atoms. The van der Waals surface area contributed by atoms with Gasteiger partial charge < -0.3 is 24.8 Å². The molecule has 4 rings (SSSR count). The molecule has 0 aliphatic heterocycles. The molecule has 0 fully saturated rings. The minimum atomic E-state index is -0.338. The topological polar surface area (TPSA) is 79.1 Å². The van der Waals surface area contributed by atoms with Gasteiger partial charge in [0.15, 0.2) is 6.29 Å². The fourth-order valence-electron chi connectivity index (χ4n) is 3.22. The Kier molecular flexibility index (Phi) is 7.55. The summed E-state index contributed by atoms with van der Waals surface area (Å²) in [4.78, 5) is 16.7. The Morgan fingerprint density at radius 3 is 2.57 bits per heavy atom. The highest BCUT2D eigenvalue weighted by Gasteiger charge is 2.12. The summed E-state index contributed by atoms with van der Waals surface area (Å²) in [5.41, 5.74) is 5.67. The van der Waals surface area contributed by atoms with E-state index < -0.39 is 0 Å². The van der Waals surface area contributed by atoms with Gasteiger partial charge in [0, 0.05) is 45.5 Å². The van der Waals surface area contributed by atoms with E-state index in [1.54, 1.807) is 0 Å². The third-order valence-electron chi connectivity index (χ3n) is 4.77. The fraction of sp³-hybridized carbons (Fsp3) is 0.227. The fourth-order valence-corrected chi connectivity index (χ4v) is 3.77. The van der Waals surface area contributed by atoms with E-state index >= 15 is 0 Å². The van der Waals surface area contributed by atoms with E-state index in [0.29, 0.717) is 13.0 Å². The summed E-state index contributed by atoms with van der Waals surface area (Å²) in [6, 6.07) is 14.3. The summed E-state index contributed by atoms with van der Waals surface area (Å²) in [7, 11) is 3.03. The third kappa shape index (κ3) is 5.05. The molecule has 2 aromatic heterocycles. The second-order valence-corrected chi connectivity index (χ2v) is 8.01. The van der Waals surface area contributed by atoms with E-state index in [-0.39, 0.29) is 6.29 Å². The van der Waals surface area contributed by atoms with Crippen LogP contribution >= 0.6 is 27.5 Å². The van der Waals surface area contributed by atoms with Gasteiger partial charge in [0.25, 0.3) is 0 Å². The van der Waals surface area contributed by atoms with Gasteiger partial charge in [-0.2, -0.15) is 0 Å². The maximum Gasteiger partial charge on any atom is 0.207 e. The van der Waals surface area contributed by atoms with E-state index in [1.807, 2.05) is 18.2 Å². The van der Waals surface area contributed by atoms with Gasteiger partial charge >= 0.3 is 0 Å². The first-order valence-electron chi connectivity index (χ1n) is 9.26. The van der Waals surface area contributed by atoms with Gasteiger partial charge in [-0.25, -0.2) is 0 Å². The minimum absolute atomic E-state index is 0.338. The molecule has 4 aromatic rings. The summed E-state index contributed by atoms with van der Waals surface area (Å²) in [5.74, 6) is 0. The molecule has 2 aromatic carbocycles. The molecule has 1 amide bonds. The molecule has 8 heteroatoms. The molecular weight excluding hydrogens is 470 g/mol. The smallest absolute Gasteiger partial charge is 0.207 e. The molecule has 2 heterocycles. The Hall–Kier alpha value is -2.32. The van der Waals surface area contributed by atoms with E-state index in [2.05, 4.69) is 62.4 Å². The Bertz CT molecular complexity index is 1150. The monoisotopic (exact) mass is 491 g/mol. The number of carbonyl (C=O) groups is 1. The lowest BCUT2D eigenvalue weighted by Gasteiger charge is -2.10. The second-order valence-electron chi connectivity index (χ2n) is 6.66. The third-order valence-corrected chi connectivity index (χ3v) is 5.49. The molecule has 0 aliphatic rings. The number of benzene rings is 2. The van der Waals surface area contributed by atoms with Gasteiger partial charge in [-0.05, 0) is 48.9 Å². The van der Waals surface area contributed by atoms with Crippen LogP contribution in [-0.4, -0.2) is 43.4 Å². The summed E-state index contributed by atoms with van der Waals surface area (Å²) in [6.45, 7) is 2.52. The van der Waals surface area contributed by atoms with Gasteiger partial charge in [-0.15, -0.1) is 0 Å². The van der Waals surface area contributed by atoms with E-state index in [9.17, 15) is 4.79 Å². The number of aromatic nitrogens is 2. The number of aromatic amines is 2. The average molecular weight is 493 g/mol. The molecule has 6 nitrogen and oxygen atoms in total. The quantitative estimate of drug-likeness (QED) is 0.249. The van der Waals surface area contributed by atoms with E-state index in [4.69, 9.17) is 21.1 Å². The molecule has 0 saturated carbocycles. The number of aryl methyl sites for hydroxylation is 1. The first-order valence-corrected chi connectivity index (χ1v) is 10.4. The van der Waals surface area contributed by atoms with Crippen molar-refractivity contribution in [3.05, 3.63) is 57.5 Å². The summed E-state index contributed by atoms with van der Waals surface area (Å²) in [5, 5.41) is 5.54. The van der Waals surface area contributed by atoms with Gasteiger partial charge in [-0.1, -0.05) is 33.6 Å². The summed E-state index contributed by atoms with van der Waals surface area (Å²) < 4.78 is 10.6. The summed E-state index contributed by atoms with van der Waals surface area (Å²) in [6.07, 6.45) is 0.264. The van der Waals surface area contributed by atoms with Crippen molar-refractivity contribution in [2.24, 2.45) is 0 Å². The predicted octanol–water partition coefficient (Wildman–Crippen LogP) is 5.39. The standard InChI is InChI=1S/C17H12BrClN2.C5H11NO3/c1-9-13-4-2-11(18)8-15(13)21-17(9)16-7-10-6-12(19)3-5-14(10)20-16;1-8-5(9-2)3-6-4-7/h2-8,20-21H,1H3;4-5H,3H2,1-2H3,(H,6,7). The first kappa shape index (κ1) is 22.4. The number of ether oxygens (including phenoxy) is 2. The lowest BCUT2D eigenvalue weighted by Crippen LogP contribution is -2.28. The van der Waals surface area contributed by atoms with Crippen LogP contribution in [0, 0.1) is 6.92 Å². The number of halogens is 2. The van der Waals surface area contributed by atoms with Gasteiger partial charge in [0.2, 0.25) is 6.41 Å². The number of carbonyl (C=O) groups excluding carboxylic acids is 1. The highest BCUT2D eigenvalue weighted by Crippen LogP contribution is 2.32. The maximum absolute atomic E-state index is 9.72. The zero-order chi connectivity index (χ0) is 21.7. The maximum atomic E-state index is 9.72. The van der Waals surface area contributed by atoms with Crippen LogP contribution in [0.2, 0.25) is 5.02 Å². The number of rotatable bonds is 6. The number of nitrogens with one attached hydrogen (secondary N) is 3. The lowest BCUT2D eigenvalue weighted by atomic mass is 10.1. The lowest BCUT2D eigenvalue weighted by molar-refractivity contribution is -0.117. The minimum Gasteiger partial charge on any atom is -0.354 e. The number of hydrogen-bond acceptors (Lipinski definition) is 3. The Morgan fingerprint density at radius 2 is 1.87 bits per heavy atom. The number of hydrogen-bond donors (Lipinski definition) is 3. The van der Waals surface area contributed by atoms with Crippen molar-refractivity contribution in [3.8, 4) is 11.4 Å². The van der Waals surface area contributed by atoms with Crippen molar-refractivity contribution in [3.63, 3.8) is 0 Å². The Balaban J connectivity index is 0.000000244. The molecule has 0 unspecified atom stereocenters. The molecule has 3 N–H and O–H groups in total. The zero-order valence-corrected chi connectivity index (χ0v) is 19.2. The highest BCUT2D eigenvalue weighted by atomic mass is 79.9. The Morgan fingerprint density at radius 1 is 1.10 bits per heavy atom. The molecule has 0 aliphatic carbocycles. The number of methoxy groups -OCH3 is 2. The van der Waals surface area contributed by atoms with Crippen molar-refractivity contribution in [1.82, 2.24) is 15.3 Å². The van der Waals surface area contributed by atoms with Gasteiger partial charge in [0.05, 0.1) is 17.9 Å². The van der Waals surface area contributed by atoms with Crippen LogP contribution in [0.25, 0.3) is 33.2 Å².